The fourth-order valence-corrected chi connectivity index (χ4v) is 8.07. The summed E-state index contributed by atoms with van der Waals surface area (Å²) in [5, 5.41) is 40.0. The maximum absolute atomic E-state index is 10.9. The summed E-state index contributed by atoms with van der Waals surface area (Å²) < 4.78 is 7.09. The number of aromatic nitrogens is 4. The van der Waals surface area contributed by atoms with Crippen molar-refractivity contribution in [3.05, 3.63) is 184 Å². The number of allylic oxidation sites excluding steroid dienone is 1. The number of hydrogen-bond acceptors (Lipinski definition) is 7. The van der Waals surface area contributed by atoms with E-state index in [2.05, 4.69) is 24.3 Å². The maximum Gasteiger partial charge on any atom is 0.352 e. The fourth-order valence-electron chi connectivity index (χ4n) is 8.07. The van der Waals surface area contributed by atoms with E-state index in [4.69, 9.17) is 20.4 Å². The van der Waals surface area contributed by atoms with E-state index in [1.54, 1.807) is 61.1 Å². The summed E-state index contributed by atoms with van der Waals surface area (Å²) >= 11 is 0. The van der Waals surface area contributed by atoms with Crippen LogP contribution in [-0.4, -0.2) is 69.5 Å². The summed E-state index contributed by atoms with van der Waals surface area (Å²) in [6.45, 7) is 0.0173. The molecule has 65 heavy (non-hydrogen) atoms. The van der Waals surface area contributed by atoms with E-state index in [0.717, 1.165) is 80.2 Å². The zero-order valence-corrected chi connectivity index (χ0v) is 36.3. The lowest BCUT2D eigenvalue weighted by Crippen LogP contribution is -2.04. The number of nitrogens with zero attached hydrogens (tertiary/aromatic N) is 4. The Morgan fingerprint density at radius 1 is 0.523 bits per heavy atom. The van der Waals surface area contributed by atoms with Crippen LogP contribution in [0.5, 0.6) is 0 Å². The van der Waals surface area contributed by atoms with E-state index in [1.807, 2.05) is 96.3 Å². The van der Waals surface area contributed by atoms with Gasteiger partial charge in [-0.2, -0.15) is 0 Å². The monoisotopic (exact) mass is 872 g/mol. The summed E-state index contributed by atoms with van der Waals surface area (Å²) in [6.07, 6.45) is 11.5. The average molecular weight is 873 g/mol. The number of aliphatic hydroxyl groups is 2. The molecule has 0 atom stereocenters. The molecule has 5 aromatic carbocycles. The molecule has 13 nitrogen and oxygen atoms in total. The Morgan fingerprint density at radius 2 is 0.954 bits per heavy atom. The van der Waals surface area contributed by atoms with Crippen LogP contribution >= 0.6 is 0 Å². The van der Waals surface area contributed by atoms with Gasteiger partial charge in [0.1, 0.15) is 17.7 Å². The molecule has 0 saturated carbocycles. The number of carboxylic acids is 2. The fraction of sp³-hybridized carbons (Fsp3) is 0.135. The van der Waals surface area contributed by atoms with Crippen LogP contribution in [0.2, 0.25) is 0 Å². The highest BCUT2D eigenvalue weighted by Crippen LogP contribution is 2.25. The predicted molar refractivity (Wildman–Crippen MR) is 253 cm³/mol. The molecule has 0 saturated heterocycles. The first-order valence-electron chi connectivity index (χ1n) is 20.4. The normalized spacial score (nSPS) is 11.0. The van der Waals surface area contributed by atoms with Crippen LogP contribution in [0.1, 0.15) is 74.3 Å². The number of rotatable bonds is 7. The van der Waals surface area contributed by atoms with E-state index >= 15 is 0 Å². The number of benzene rings is 5. The molecule has 0 aliphatic heterocycles. The topological polar surface area (TPSA) is 186 Å². The Labute approximate surface area is 373 Å². The first-order valence-corrected chi connectivity index (χ1v) is 20.4. The van der Waals surface area contributed by atoms with E-state index in [1.165, 1.54) is 21.1 Å². The van der Waals surface area contributed by atoms with Gasteiger partial charge in [-0.3, -0.25) is 14.4 Å². The molecule has 4 N–H and O–H groups in total. The molecular formula is C52H48N4O9. The highest BCUT2D eigenvalue weighted by molar-refractivity contribution is 6.01. The number of aromatic carboxylic acids is 2. The lowest BCUT2D eigenvalue weighted by molar-refractivity contribution is 0.0676. The van der Waals surface area contributed by atoms with Crippen LogP contribution in [0.3, 0.4) is 0 Å². The van der Waals surface area contributed by atoms with E-state index in [0.29, 0.717) is 11.1 Å². The average Bonchev–Trinajstić information content (AvgIpc) is 4.18. The van der Waals surface area contributed by atoms with Crippen LogP contribution in [0.15, 0.2) is 134 Å². The Bertz CT molecular complexity index is 3230. The molecule has 4 aromatic heterocycles. The molecule has 0 fully saturated rings. The number of para-hydroxylation sites is 4. The van der Waals surface area contributed by atoms with Crippen LogP contribution in [0, 0.1) is 0 Å². The van der Waals surface area contributed by atoms with Gasteiger partial charge in [-0.1, -0.05) is 91.0 Å². The second-order valence-corrected chi connectivity index (χ2v) is 15.1. The van der Waals surface area contributed by atoms with Crippen molar-refractivity contribution < 1.29 is 44.4 Å². The van der Waals surface area contributed by atoms with Crippen LogP contribution in [0.25, 0.3) is 49.7 Å². The van der Waals surface area contributed by atoms with Gasteiger partial charge in [0.25, 0.3) is 0 Å². The van der Waals surface area contributed by atoms with E-state index in [-0.39, 0.29) is 24.6 Å². The molecule has 9 aromatic rings. The van der Waals surface area contributed by atoms with Gasteiger partial charge in [0.05, 0.1) is 35.3 Å². The third kappa shape index (κ3) is 9.92. The minimum atomic E-state index is -0.995. The predicted octanol–water partition coefficient (Wildman–Crippen LogP) is 8.79. The van der Waals surface area contributed by atoms with E-state index < -0.39 is 11.9 Å². The van der Waals surface area contributed by atoms with Gasteiger partial charge in [0.15, 0.2) is 12.6 Å². The lowest BCUT2D eigenvalue weighted by Gasteiger charge is -2.03. The highest BCUT2D eigenvalue weighted by atomic mass is 16.4. The number of carbonyl (C=O) groups is 5. The van der Waals surface area contributed by atoms with Crippen molar-refractivity contribution >= 4 is 80.5 Å². The summed E-state index contributed by atoms with van der Waals surface area (Å²) in [5.74, 6) is -1.96. The van der Waals surface area contributed by atoms with Gasteiger partial charge >= 0.3 is 11.9 Å². The van der Waals surface area contributed by atoms with Crippen LogP contribution in [-0.2, 0) is 47.8 Å². The highest BCUT2D eigenvalue weighted by Gasteiger charge is 2.15. The van der Waals surface area contributed by atoms with Gasteiger partial charge in [-0.15, -0.1) is 0 Å². The Kier molecular flexibility index (Phi) is 14.9. The maximum atomic E-state index is 10.9. The van der Waals surface area contributed by atoms with Gasteiger partial charge in [-0.25, -0.2) is 9.59 Å². The van der Waals surface area contributed by atoms with Gasteiger partial charge in [-0.05, 0) is 59.3 Å². The smallest absolute Gasteiger partial charge is 0.352 e. The first-order chi connectivity index (χ1) is 31.4. The number of carboxylic acid groups (broad SMARTS) is 2. The van der Waals surface area contributed by atoms with Crippen molar-refractivity contribution in [1.82, 2.24) is 18.3 Å². The van der Waals surface area contributed by atoms with E-state index in [9.17, 15) is 24.0 Å². The van der Waals surface area contributed by atoms with Crippen molar-refractivity contribution in [2.75, 3.05) is 0 Å². The summed E-state index contributed by atoms with van der Waals surface area (Å²) in [5.41, 5.74) is 10.1. The summed E-state index contributed by atoms with van der Waals surface area (Å²) in [6, 6.07) is 35.3. The van der Waals surface area contributed by atoms with Crippen LogP contribution in [0.4, 0.5) is 0 Å². The van der Waals surface area contributed by atoms with Gasteiger partial charge in [0.2, 0.25) is 0 Å². The van der Waals surface area contributed by atoms with Crippen molar-refractivity contribution in [1.29, 1.82) is 0 Å². The molecule has 0 amide bonds. The molecule has 330 valence electrons. The molecule has 10 rings (SSSR count). The summed E-state index contributed by atoms with van der Waals surface area (Å²) in [4.78, 5) is 53.8. The molecule has 0 spiro atoms. The Hall–Kier alpha value is -8.13. The molecule has 1 aliphatic carbocycles. The summed E-state index contributed by atoms with van der Waals surface area (Å²) in [7, 11) is 7.25. The Balaban J connectivity index is 0.000000135. The molecule has 0 unspecified atom stereocenters. The van der Waals surface area contributed by atoms with Crippen molar-refractivity contribution in [2.45, 2.75) is 19.6 Å². The second-order valence-electron chi connectivity index (χ2n) is 15.1. The number of hydrogen-bond donors (Lipinski definition) is 4. The molecule has 1 aliphatic rings. The number of aliphatic hydroxyl groups excluding tert-OH is 2. The molecule has 13 heteroatoms. The minimum Gasteiger partial charge on any atom is -0.477 e. The number of carbonyl (C=O) groups excluding carboxylic acids is 3. The lowest BCUT2D eigenvalue weighted by atomic mass is 10.0. The van der Waals surface area contributed by atoms with Crippen molar-refractivity contribution in [3.63, 3.8) is 0 Å². The van der Waals surface area contributed by atoms with Gasteiger partial charge in [0, 0.05) is 84.6 Å². The minimum absolute atomic E-state index is 0.0890. The van der Waals surface area contributed by atoms with Crippen molar-refractivity contribution in [3.8, 4) is 0 Å². The standard InChI is InChI=1S/C11H11NO3.C11H9NO3.C10H11NO.C10H9NO.C10H8O/c2*1-12-9(11(14)15)5-7-3-2-4-8(6-13)10(7)12;2*1-11-6-5-8-3-2-4-9(7-12)10(8)11;11-7-9-5-1-3-8-4-2-6-10(8)9/h2-5,13H,6H2,1H3,(H,14,15);2-6H,1H3,(H,14,15);2-6,12H,7H2,1H3;2-7H,1H3;1-5,7H,6H2. The quantitative estimate of drug-likeness (QED) is 0.114. The molecule has 4 heterocycles. The molecule has 0 radical (unpaired) electrons. The third-order valence-corrected chi connectivity index (χ3v) is 11.2. The zero-order chi connectivity index (χ0) is 46.8. The SMILES string of the molecule is Cn1c(C(=O)O)cc2cccc(C=O)c21.Cn1c(C(=O)O)cc2cccc(CO)c21.Cn1ccc2cccc(C=O)c21.Cn1ccc2cccc(CO)c21.O=Cc1cccc2c1CC=C2. The number of aryl methyl sites for hydroxylation is 4. The van der Waals surface area contributed by atoms with Crippen LogP contribution < -0.4 is 0 Å². The number of aldehydes is 3. The molecule has 0 bridgehead atoms. The number of fused-ring (bicyclic) bond motifs is 5. The third-order valence-electron chi connectivity index (χ3n) is 11.2. The van der Waals surface area contributed by atoms with Gasteiger partial charge < -0.3 is 38.7 Å². The largest absolute Gasteiger partial charge is 0.477 e. The Morgan fingerprint density at radius 3 is 1.49 bits per heavy atom. The zero-order valence-electron chi connectivity index (χ0n) is 36.3. The molecular weight excluding hydrogens is 825 g/mol. The van der Waals surface area contributed by atoms with Crippen molar-refractivity contribution in [2.24, 2.45) is 28.2 Å². The first kappa shape index (κ1) is 46.4. The second kappa shape index (κ2) is 20.8.